The SMILES string of the molecule is CCNC1CCOc2c1cc(CC)cc2C(C)(C)C. The topological polar surface area (TPSA) is 21.3 Å². The van der Waals surface area contributed by atoms with Crippen molar-refractivity contribution in [3.05, 3.63) is 28.8 Å². The number of hydrogen-bond donors (Lipinski definition) is 1. The summed E-state index contributed by atoms with van der Waals surface area (Å²) in [6.07, 6.45) is 2.15. The number of ether oxygens (including phenoxy) is 1. The lowest BCUT2D eigenvalue weighted by atomic mass is 9.81. The summed E-state index contributed by atoms with van der Waals surface area (Å²) in [5, 5.41) is 3.59. The van der Waals surface area contributed by atoms with Gasteiger partial charge in [0.25, 0.3) is 0 Å². The van der Waals surface area contributed by atoms with Gasteiger partial charge in [-0.15, -0.1) is 0 Å². The van der Waals surface area contributed by atoms with Gasteiger partial charge in [0.05, 0.1) is 6.61 Å². The van der Waals surface area contributed by atoms with Crippen LogP contribution >= 0.6 is 0 Å². The summed E-state index contributed by atoms with van der Waals surface area (Å²) in [5.74, 6) is 1.13. The summed E-state index contributed by atoms with van der Waals surface area (Å²) in [7, 11) is 0. The Labute approximate surface area is 117 Å². The second kappa shape index (κ2) is 5.54. The highest BCUT2D eigenvalue weighted by Crippen LogP contribution is 2.41. The van der Waals surface area contributed by atoms with Crippen molar-refractivity contribution in [2.24, 2.45) is 0 Å². The largest absolute Gasteiger partial charge is 0.493 e. The molecule has 2 heteroatoms. The molecule has 0 aliphatic carbocycles. The number of fused-ring (bicyclic) bond motifs is 1. The van der Waals surface area contributed by atoms with Gasteiger partial charge in [-0.2, -0.15) is 0 Å². The molecule has 2 rings (SSSR count). The van der Waals surface area contributed by atoms with Gasteiger partial charge in [0.2, 0.25) is 0 Å². The van der Waals surface area contributed by atoms with Crippen LogP contribution in [-0.4, -0.2) is 13.2 Å². The van der Waals surface area contributed by atoms with Crippen LogP contribution in [0.15, 0.2) is 12.1 Å². The molecule has 0 amide bonds. The molecular formula is C17H27NO. The number of rotatable bonds is 3. The third-order valence-corrected chi connectivity index (χ3v) is 3.87. The van der Waals surface area contributed by atoms with Crippen molar-refractivity contribution in [1.29, 1.82) is 0 Å². The van der Waals surface area contributed by atoms with Gasteiger partial charge < -0.3 is 10.1 Å². The molecule has 0 aromatic heterocycles. The fraction of sp³-hybridized carbons (Fsp3) is 0.647. The minimum atomic E-state index is 0.128. The lowest BCUT2D eigenvalue weighted by Gasteiger charge is -2.32. The molecule has 1 unspecified atom stereocenters. The maximum absolute atomic E-state index is 6.02. The first-order valence-corrected chi connectivity index (χ1v) is 7.50. The average molecular weight is 261 g/mol. The maximum atomic E-state index is 6.02. The van der Waals surface area contributed by atoms with Crippen LogP contribution < -0.4 is 10.1 Å². The second-order valence-corrected chi connectivity index (χ2v) is 6.41. The van der Waals surface area contributed by atoms with Crippen LogP contribution in [-0.2, 0) is 11.8 Å². The Kier molecular flexibility index (Phi) is 4.19. The lowest BCUT2D eigenvalue weighted by molar-refractivity contribution is 0.247. The summed E-state index contributed by atoms with van der Waals surface area (Å²) in [4.78, 5) is 0. The van der Waals surface area contributed by atoms with E-state index in [1.807, 2.05) is 0 Å². The number of nitrogens with one attached hydrogen (secondary N) is 1. The average Bonchev–Trinajstić information content (AvgIpc) is 2.37. The summed E-state index contributed by atoms with van der Waals surface area (Å²) < 4.78 is 6.02. The van der Waals surface area contributed by atoms with Gasteiger partial charge in [0.1, 0.15) is 5.75 Å². The molecule has 1 aliphatic rings. The fourth-order valence-corrected chi connectivity index (χ4v) is 2.79. The molecule has 1 aromatic carbocycles. The highest BCUT2D eigenvalue weighted by Gasteiger charge is 2.28. The molecule has 1 heterocycles. The normalized spacial score (nSPS) is 18.9. The van der Waals surface area contributed by atoms with Crippen LogP contribution in [0.2, 0.25) is 0 Å². The van der Waals surface area contributed by atoms with E-state index in [2.05, 4.69) is 52.1 Å². The predicted octanol–water partition coefficient (Wildman–Crippen LogP) is 3.98. The van der Waals surface area contributed by atoms with Crippen molar-refractivity contribution < 1.29 is 4.74 Å². The first kappa shape index (κ1) is 14.4. The van der Waals surface area contributed by atoms with Gasteiger partial charge in [-0.1, -0.05) is 46.8 Å². The van der Waals surface area contributed by atoms with E-state index >= 15 is 0 Å². The van der Waals surface area contributed by atoms with Crippen LogP contribution in [0.4, 0.5) is 0 Å². The van der Waals surface area contributed by atoms with Crippen LogP contribution in [0.3, 0.4) is 0 Å². The summed E-state index contributed by atoms with van der Waals surface area (Å²) in [5.41, 5.74) is 4.25. The zero-order valence-corrected chi connectivity index (χ0v) is 13.0. The molecule has 1 N–H and O–H groups in total. The van der Waals surface area contributed by atoms with E-state index < -0.39 is 0 Å². The fourth-order valence-electron chi connectivity index (χ4n) is 2.79. The van der Waals surface area contributed by atoms with E-state index in [1.54, 1.807) is 0 Å². The summed E-state index contributed by atoms with van der Waals surface area (Å²) >= 11 is 0. The molecule has 0 fully saturated rings. The molecular weight excluding hydrogens is 234 g/mol. The van der Waals surface area contributed by atoms with E-state index in [1.165, 1.54) is 16.7 Å². The van der Waals surface area contributed by atoms with Crippen LogP contribution in [0.5, 0.6) is 5.75 Å². The lowest BCUT2D eigenvalue weighted by Crippen LogP contribution is -2.29. The molecule has 0 bridgehead atoms. The zero-order valence-electron chi connectivity index (χ0n) is 13.0. The Balaban J connectivity index is 2.54. The Hall–Kier alpha value is -1.02. The van der Waals surface area contributed by atoms with Crippen molar-refractivity contribution in [1.82, 2.24) is 5.32 Å². The molecule has 1 aromatic rings. The molecule has 2 nitrogen and oxygen atoms in total. The third-order valence-electron chi connectivity index (χ3n) is 3.87. The van der Waals surface area contributed by atoms with Gasteiger partial charge in [0, 0.05) is 23.6 Å². The first-order chi connectivity index (χ1) is 8.97. The number of benzene rings is 1. The van der Waals surface area contributed by atoms with Gasteiger partial charge >= 0.3 is 0 Å². The Bertz CT molecular complexity index is 445. The molecule has 0 saturated carbocycles. The summed E-state index contributed by atoms with van der Waals surface area (Å²) in [6.45, 7) is 13.0. The Morgan fingerprint density at radius 3 is 2.58 bits per heavy atom. The second-order valence-electron chi connectivity index (χ2n) is 6.41. The molecule has 1 aliphatic heterocycles. The first-order valence-electron chi connectivity index (χ1n) is 7.50. The molecule has 19 heavy (non-hydrogen) atoms. The molecule has 1 atom stereocenters. The quantitative estimate of drug-likeness (QED) is 0.888. The molecule has 0 radical (unpaired) electrons. The van der Waals surface area contributed by atoms with Gasteiger partial charge in [-0.05, 0) is 23.9 Å². The van der Waals surface area contributed by atoms with E-state index in [0.29, 0.717) is 6.04 Å². The van der Waals surface area contributed by atoms with Crippen molar-refractivity contribution >= 4 is 0 Å². The smallest absolute Gasteiger partial charge is 0.127 e. The molecule has 0 spiro atoms. The van der Waals surface area contributed by atoms with Crippen molar-refractivity contribution in [2.75, 3.05) is 13.2 Å². The van der Waals surface area contributed by atoms with Crippen LogP contribution in [0.1, 0.15) is 63.8 Å². The zero-order chi connectivity index (χ0) is 14.0. The number of aryl methyl sites for hydroxylation is 1. The van der Waals surface area contributed by atoms with Crippen LogP contribution in [0.25, 0.3) is 0 Å². The van der Waals surface area contributed by atoms with E-state index in [0.717, 1.165) is 31.7 Å². The number of hydrogen-bond acceptors (Lipinski definition) is 2. The third kappa shape index (κ3) is 2.94. The van der Waals surface area contributed by atoms with Crippen molar-refractivity contribution in [3.63, 3.8) is 0 Å². The monoisotopic (exact) mass is 261 g/mol. The highest BCUT2D eigenvalue weighted by atomic mass is 16.5. The highest BCUT2D eigenvalue weighted by molar-refractivity contribution is 5.50. The molecule has 0 saturated heterocycles. The minimum Gasteiger partial charge on any atom is -0.493 e. The van der Waals surface area contributed by atoms with Crippen molar-refractivity contribution in [2.45, 2.75) is 58.9 Å². The Morgan fingerprint density at radius 1 is 1.26 bits per heavy atom. The van der Waals surface area contributed by atoms with Gasteiger partial charge in [0.15, 0.2) is 0 Å². The maximum Gasteiger partial charge on any atom is 0.127 e. The molecule has 106 valence electrons. The van der Waals surface area contributed by atoms with Crippen molar-refractivity contribution in [3.8, 4) is 5.75 Å². The van der Waals surface area contributed by atoms with Gasteiger partial charge in [-0.25, -0.2) is 0 Å². The van der Waals surface area contributed by atoms with E-state index in [4.69, 9.17) is 4.74 Å². The van der Waals surface area contributed by atoms with Gasteiger partial charge in [-0.3, -0.25) is 0 Å². The standard InChI is InChI=1S/C17H27NO/c1-6-12-10-13-15(18-7-2)8-9-19-16(13)14(11-12)17(3,4)5/h10-11,15,18H,6-9H2,1-5H3. The Morgan fingerprint density at radius 2 is 2.00 bits per heavy atom. The van der Waals surface area contributed by atoms with E-state index in [-0.39, 0.29) is 5.41 Å². The summed E-state index contributed by atoms with van der Waals surface area (Å²) in [6, 6.07) is 5.10. The van der Waals surface area contributed by atoms with E-state index in [9.17, 15) is 0 Å². The predicted molar refractivity (Wildman–Crippen MR) is 81.0 cm³/mol. The van der Waals surface area contributed by atoms with Crippen LogP contribution in [0, 0.1) is 0 Å². The minimum absolute atomic E-state index is 0.128.